The van der Waals surface area contributed by atoms with Gasteiger partial charge in [-0.1, -0.05) is 135 Å². The number of hydrogen-bond acceptors (Lipinski definition) is 4. The molecule has 4 nitrogen and oxygen atoms in total. The number of rotatable bonds is 13. The first kappa shape index (κ1) is 44.3. The molecule has 0 amide bonds. The van der Waals surface area contributed by atoms with Crippen molar-refractivity contribution in [3.8, 4) is 104 Å². The molecule has 0 saturated carbocycles. The van der Waals surface area contributed by atoms with Gasteiger partial charge in [0.2, 0.25) is 0 Å². The van der Waals surface area contributed by atoms with Crippen LogP contribution >= 0.6 is 0 Å². The summed E-state index contributed by atoms with van der Waals surface area (Å²) in [4.78, 5) is 0. The van der Waals surface area contributed by atoms with Gasteiger partial charge in [-0.15, -0.1) is 0 Å². The number of fused-ring (bicyclic) bond motifs is 2. The van der Waals surface area contributed by atoms with Crippen LogP contribution < -0.4 is 18.9 Å². The number of hydrogen-bond donors (Lipinski definition) is 0. The van der Waals surface area contributed by atoms with E-state index in [0.717, 1.165) is 102 Å². The van der Waals surface area contributed by atoms with Crippen LogP contribution in [0.4, 0.5) is 0 Å². The van der Waals surface area contributed by atoms with Crippen LogP contribution in [0.1, 0.15) is 61.8 Å². The van der Waals surface area contributed by atoms with Gasteiger partial charge in [0.15, 0.2) is 0 Å². The van der Waals surface area contributed by atoms with Crippen molar-refractivity contribution in [3.05, 3.63) is 180 Å². The zero-order valence-corrected chi connectivity index (χ0v) is 37.9. The number of unbranched alkanes of at least 4 members (excludes halogenated alkanes) is 3. The first-order valence-corrected chi connectivity index (χ1v) is 22.5. The van der Waals surface area contributed by atoms with Crippen molar-refractivity contribution >= 4 is 21.5 Å². The Bertz CT molecular complexity index is 3260. The van der Waals surface area contributed by atoms with Crippen LogP contribution in [0.3, 0.4) is 0 Å². The molecule has 0 heterocycles. The van der Waals surface area contributed by atoms with E-state index in [1.54, 1.807) is 14.2 Å². The highest BCUT2D eigenvalue weighted by Gasteiger charge is 2.26. The fourth-order valence-electron chi connectivity index (χ4n) is 8.19. The summed E-state index contributed by atoms with van der Waals surface area (Å²) in [7, 11) is 3.47. The number of methoxy groups -OCH3 is 2. The van der Waals surface area contributed by atoms with Crippen molar-refractivity contribution in [3.63, 3.8) is 0 Å². The monoisotopic (exact) mass is 858 g/mol. The normalized spacial score (nSPS) is 10.3. The van der Waals surface area contributed by atoms with Crippen molar-refractivity contribution in [1.29, 1.82) is 0 Å². The molecule has 8 rings (SSSR count). The van der Waals surface area contributed by atoms with Crippen LogP contribution in [-0.4, -0.2) is 27.4 Å². The molecular formula is C62H50O4. The average molecular weight is 859 g/mol. The molecule has 0 aromatic heterocycles. The SMILES string of the molecule is CCCCCCOc1ccc(C#CC#Cc2ccccc2-c2cc3ccccc3c(-c3c(OC)c(-c4ccccc4C#CC#Cc4ccc(OCC)cc4)cc4ccccc34)c2OC)cc1. The van der Waals surface area contributed by atoms with Crippen molar-refractivity contribution in [2.75, 3.05) is 27.4 Å². The van der Waals surface area contributed by atoms with Gasteiger partial charge in [-0.25, -0.2) is 0 Å². The summed E-state index contributed by atoms with van der Waals surface area (Å²) in [6, 6.07) is 53.1. The van der Waals surface area contributed by atoms with Gasteiger partial charge in [-0.2, -0.15) is 0 Å². The Hall–Kier alpha value is -8.28. The second-order valence-corrected chi connectivity index (χ2v) is 15.6. The van der Waals surface area contributed by atoms with Gasteiger partial charge in [0, 0.05) is 55.6 Å². The van der Waals surface area contributed by atoms with Crippen LogP contribution in [0.2, 0.25) is 0 Å². The summed E-state index contributed by atoms with van der Waals surface area (Å²) in [6.07, 6.45) is 4.70. The highest BCUT2D eigenvalue weighted by Crippen LogP contribution is 2.52. The molecule has 0 aliphatic heterocycles. The summed E-state index contributed by atoms with van der Waals surface area (Å²) in [5.74, 6) is 28.5. The van der Waals surface area contributed by atoms with E-state index in [2.05, 4.69) is 127 Å². The van der Waals surface area contributed by atoms with Crippen LogP contribution in [0.25, 0.3) is 54.9 Å². The van der Waals surface area contributed by atoms with E-state index >= 15 is 0 Å². The third-order valence-corrected chi connectivity index (χ3v) is 11.3. The minimum absolute atomic E-state index is 0.615. The Labute approximate surface area is 389 Å². The summed E-state index contributed by atoms with van der Waals surface area (Å²) in [5, 5.41) is 4.15. The lowest BCUT2D eigenvalue weighted by Gasteiger charge is -2.23. The van der Waals surface area contributed by atoms with Crippen LogP contribution in [0, 0.1) is 47.4 Å². The Morgan fingerprint density at radius 3 is 1.32 bits per heavy atom. The maximum Gasteiger partial charge on any atom is 0.135 e. The fraction of sp³-hybridized carbons (Fsp3) is 0.161. The molecule has 0 radical (unpaired) electrons. The summed E-state index contributed by atoms with van der Waals surface area (Å²) >= 11 is 0. The van der Waals surface area contributed by atoms with E-state index in [-0.39, 0.29) is 0 Å². The quantitative estimate of drug-likeness (QED) is 0.0855. The molecule has 0 aliphatic rings. The summed E-state index contributed by atoms with van der Waals surface area (Å²) < 4.78 is 24.6. The Kier molecular flexibility index (Phi) is 14.7. The molecule has 4 heteroatoms. The molecule has 0 saturated heterocycles. The molecule has 8 aromatic rings. The first-order valence-electron chi connectivity index (χ1n) is 22.5. The molecule has 0 fully saturated rings. The lowest BCUT2D eigenvalue weighted by molar-refractivity contribution is 0.305. The maximum absolute atomic E-state index is 6.53. The van der Waals surface area contributed by atoms with E-state index < -0.39 is 0 Å². The zero-order chi connectivity index (χ0) is 45.5. The molecule has 8 aromatic carbocycles. The zero-order valence-electron chi connectivity index (χ0n) is 37.9. The predicted molar refractivity (Wildman–Crippen MR) is 272 cm³/mol. The van der Waals surface area contributed by atoms with Gasteiger partial charge in [0.05, 0.1) is 27.4 Å². The standard InChI is InChI=1S/C62H50O4/c1-5-7-8-21-42-66-52-40-36-46(37-41-52)23-10-12-25-48-27-14-18-31-54(48)58-44-50-29-16-20-33-56(50)60(62(58)64-4)59-55-32-19-15-28-49(55)43-57(61(59)63-3)53-30-17-13-26-47(53)24-11-9-22-45-34-38-51(39-35-45)65-6-2/h13-20,26-41,43-44H,5-8,21,42H2,1-4H3. The van der Waals surface area contributed by atoms with Gasteiger partial charge in [-0.3, -0.25) is 0 Å². The average Bonchev–Trinajstić information content (AvgIpc) is 3.36. The van der Waals surface area contributed by atoms with Crippen molar-refractivity contribution in [2.45, 2.75) is 39.5 Å². The smallest absolute Gasteiger partial charge is 0.135 e. The minimum atomic E-state index is 0.615. The topological polar surface area (TPSA) is 36.9 Å². The maximum atomic E-state index is 6.53. The fourth-order valence-corrected chi connectivity index (χ4v) is 8.19. The van der Waals surface area contributed by atoms with Crippen molar-refractivity contribution in [2.24, 2.45) is 0 Å². The van der Waals surface area contributed by atoms with Gasteiger partial charge < -0.3 is 18.9 Å². The molecule has 0 aliphatic carbocycles. The molecule has 0 atom stereocenters. The molecule has 0 spiro atoms. The van der Waals surface area contributed by atoms with Crippen molar-refractivity contribution < 1.29 is 18.9 Å². The lowest BCUT2D eigenvalue weighted by atomic mass is 9.85. The number of ether oxygens (including phenoxy) is 4. The third kappa shape index (κ3) is 10.2. The molecule has 0 unspecified atom stereocenters. The van der Waals surface area contributed by atoms with Gasteiger partial charge >= 0.3 is 0 Å². The Morgan fingerprint density at radius 2 is 0.848 bits per heavy atom. The van der Waals surface area contributed by atoms with E-state index in [0.29, 0.717) is 18.1 Å². The molecule has 66 heavy (non-hydrogen) atoms. The second kappa shape index (κ2) is 21.9. The summed E-state index contributed by atoms with van der Waals surface area (Å²) in [5.41, 5.74) is 8.92. The van der Waals surface area contributed by atoms with E-state index in [9.17, 15) is 0 Å². The van der Waals surface area contributed by atoms with E-state index in [4.69, 9.17) is 18.9 Å². The lowest BCUT2D eigenvalue weighted by Crippen LogP contribution is -2.00. The van der Waals surface area contributed by atoms with Gasteiger partial charge in [0.1, 0.15) is 23.0 Å². The summed E-state index contributed by atoms with van der Waals surface area (Å²) in [6.45, 7) is 5.52. The highest BCUT2D eigenvalue weighted by atomic mass is 16.5. The molecule has 0 bridgehead atoms. The molecule has 0 N–H and O–H groups in total. The molecular weight excluding hydrogens is 809 g/mol. The van der Waals surface area contributed by atoms with Crippen LogP contribution in [0.5, 0.6) is 23.0 Å². The van der Waals surface area contributed by atoms with Gasteiger partial charge in [-0.05, 0) is 131 Å². The first-order chi connectivity index (χ1) is 32.6. The largest absolute Gasteiger partial charge is 0.495 e. The van der Waals surface area contributed by atoms with Crippen LogP contribution in [-0.2, 0) is 0 Å². The molecule has 322 valence electrons. The predicted octanol–water partition coefficient (Wildman–Crippen LogP) is 14.2. The third-order valence-electron chi connectivity index (χ3n) is 11.3. The minimum Gasteiger partial charge on any atom is -0.495 e. The van der Waals surface area contributed by atoms with E-state index in [1.165, 1.54) is 19.3 Å². The Balaban J connectivity index is 1.21. The van der Waals surface area contributed by atoms with Crippen molar-refractivity contribution in [1.82, 2.24) is 0 Å². The number of benzene rings is 8. The Morgan fingerprint density at radius 1 is 0.409 bits per heavy atom. The van der Waals surface area contributed by atoms with E-state index in [1.807, 2.05) is 91.9 Å². The van der Waals surface area contributed by atoms with Gasteiger partial charge in [0.25, 0.3) is 0 Å². The van der Waals surface area contributed by atoms with Crippen LogP contribution in [0.15, 0.2) is 158 Å². The highest BCUT2D eigenvalue weighted by molar-refractivity contribution is 6.14. The second-order valence-electron chi connectivity index (χ2n) is 15.6.